The maximum atomic E-state index is 13.9. The van der Waals surface area contributed by atoms with Crippen LogP contribution in [-0.4, -0.2) is 53.6 Å². The van der Waals surface area contributed by atoms with Crippen molar-refractivity contribution >= 4 is 28.9 Å². The Kier molecular flexibility index (Phi) is 8.56. The number of likely N-dealkylation sites (tertiary alicyclic amines) is 1. The molecule has 3 rings (SSSR count). The molecule has 0 radical (unpaired) electrons. The average molecular weight is 497 g/mol. The van der Waals surface area contributed by atoms with E-state index in [0.29, 0.717) is 18.6 Å². The zero-order valence-corrected chi connectivity index (χ0v) is 19.2. The smallest absolute Gasteiger partial charge is 0.415 e. The van der Waals surface area contributed by atoms with Crippen molar-refractivity contribution in [2.75, 3.05) is 20.3 Å². The molecule has 0 aromatic heterocycles. The van der Waals surface area contributed by atoms with Crippen molar-refractivity contribution in [2.24, 2.45) is 0 Å². The number of rotatable bonds is 7. The quantitative estimate of drug-likeness (QED) is 0.416. The molecule has 1 aliphatic heterocycles. The van der Waals surface area contributed by atoms with Crippen LogP contribution in [-0.2, 0) is 20.9 Å². The van der Waals surface area contributed by atoms with E-state index in [1.807, 2.05) is 0 Å². The molecule has 0 aliphatic carbocycles. The highest BCUT2D eigenvalue weighted by atomic mass is 32.2. The lowest BCUT2D eigenvalue weighted by molar-refractivity contribution is -0.109. The van der Waals surface area contributed by atoms with Gasteiger partial charge in [0.15, 0.2) is 16.7 Å². The first-order chi connectivity index (χ1) is 16.2. The Balaban J connectivity index is 1.71. The predicted molar refractivity (Wildman–Crippen MR) is 117 cm³/mol. The van der Waals surface area contributed by atoms with Gasteiger partial charge in [-0.1, -0.05) is 23.9 Å². The summed E-state index contributed by atoms with van der Waals surface area (Å²) in [5.74, 6) is -4.13. The lowest BCUT2D eigenvalue weighted by Gasteiger charge is -2.24. The summed E-state index contributed by atoms with van der Waals surface area (Å²) in [6.07, 6.45) is -0.381. The number of nitrogens with zero attached hydrogens (tertiary/aromatic N) is 1. The van der Waals surface area contributed by atoms with E-state index in [1.165, 1.54) is 31.1 Å². The third-order valence-corrected chi connectivity index (χ3v) is 6.10. The highest BCUT2D eigenvalue weighted by Crippen LogP contribution is 2.30. The molecular formula is C23H22F3NO6S. The minimum absolute atomic E-state index is 0.00514. The molecule has 0 bridgehead atoms. The molecule has 182 valence electrons. The maximum absolute atomic E-state index is 13.9. The van der Waals surface area contributed by atoms with Crippen LogP contribution >= 0.6 is 11.8 Å². The molecule has 11 heteroatoms. The second kappa shape index (κ2) is 11.4. The van der Waals surface area contributed by atoms with Gasteiger partial charge in [-0.25, -0.2) is 22.8 Å². The summed E-state index contributed by atoms with van der Waals surface area (Å²) in [5.41, 5.74) is -0.110. The van der Waals surface area contributed by atoms with E-state index < -0.39 is 35.6 Å². The number of carbonyl (C=O) groups is 3. The van der Waals surface area contributed by atoms with E-state index in [-0.39, 0.29) is 47.0 Å². The summed E-state index contributed by atoms with van der Waals surface area (Å²) < 4.78 is 56.0. The van der Waals surface area contributed by atoms with E-state index in [2.05, 4.69) is 0 Å². The Labute approximate surface area is 198 Å². The van der Waals surface area contributed by atoms with Crippen molar-refractivity contribution in [3.63, 3.8) is 0 Å². The highest BCUT2D eigenvalue weighted by molar-refractivity contribution is 8.14. The number of amides is 1. The Hall–Kier alpha value is -3.05. The van der Waals surface area contributed by atoms with Gasteiger partial charge >= 0.3 is 12.1 Å². The minimum Gasteiger partial charge on any atom is -0.465 e. The Morgan fingerprint density at radius 2 is 1.79 bits per heavy atom. The number of esters is 1. The van der Waals surface area contributed by atoms with Gasteiger partial charge in [-0.15, -0.1) is 0 Å². The molecule has 1 heterocycles. The van der Waals surface area contributed by atoms with Crippen LogP contribution in [0.25, 0.3) is 0 Å². The fourth-order valence-electron chi connectivity index (χ4n) is 3.54. The summed E-state index contributed by atoms with van der Waals surface area (Å²) in [5, 5.41) is -0.353. The SMILES string of the molecule is COC(=O)c1ccccc1OC(=O)N1C[C@H](SC(C)=O)C[C@H]1COCc1cc(F)c(F)cc1F. The van der Waals surface area contributed by atoms with Crippen molar-refractivity contribution in [2.45, 2.75) is 31.2 Å². The molecule has 2 atom stereocenters. The number of ether oxygens (including phenoxy) is 3. The average Bonchev–Trinajstić information content (AvgIpc) is 3.19. The van der Waals surface area contributed by atoms with E-state index >= 15 is 0 Å². The van der Waals surface area contributed by atoms with Crippen LogP contribution in [0.15, 0.2) is 36.4 Å². The van der Waals surface area contributed by atoms with Gasteiger partial charge in [0.1, 0.15) is 17.1 Å². The van der Waals surface area contributed by atoms with Crippen LogP contribution < -0.4 is 4.74 Å². The molecule has 34 heavy (non-hydrogen) atoms. The largest absolute Gasteiger partial charge is 0.465 e. The molecule has 1 fully saturated rings. The maximum Gasteiger partial charge on any atom is 0.415 e. The van der Waals surface area contributed by atoms with Gasteiger partial charge in [-0.2, -0.15) is 0 Å². The number of halogens is 3. The molecule has 7 nitrogen and oxygen atoms in total. The minimum atomic E-state index is -1.30. The molecule has 0 N–H and O–H groups in total. The molecule has 0 unspecified atom stereocenters. The van der Waals surface area contributed by atoms with Crippen molar-refractivity contribution in [1.29, 1.82) is 0 Å². The number of thioether (sulfide) groups is 1. The molecule has 0 spiro atoms. The van der Waals surface area contributed by atoms with Gasteiger partial charge < -0.3 is 19.1 Å². The third kappa shape index (κ3) is 6.29. The van der Waals surface area contributed by atoms with Gasteiger partial charge in [0, 0.05) is 30.3 Å². The van der Waals surface area contributed by atoms with Gasteiger partial charge in [0.05, 0.1) is 26.4 Å². The van der Waals surface area contributed by atoms with E-state index in [9.17, 15) is 27.6 Å². The zero-order chi connectivity index (χ0) is 24.8. The topological polar surface area (TPSA) is 82.1 Å². The zero-order valence-electron chi connectivity index (χ0n) is 18.4. The normalized spacial score (nSPS) is 17.5. The third-order valence-electron chi connectivity index (χ3n) is 5.09. The van der Waals surface area contributed by atoms with Crippen LogP contribution in [0.3, 0.4) is 0 Å². The summed E-state index contributed by atoms with van der Waals surface area (Å²) in [6, 6.07) is 6.68. The van der Waals surface area contributed by atoms with Crippen molar-refractivity contribution in [1.82, 2.24) is 4.90 Å². The number of benzene rings is 2. The lowest BCUT2D eigenvalue weighted by Crippen LogP contribution is -2.40. The van der Waals surface area contributed by atoms with Crippen molar-refractivity contribution in [3.05, 3.63) is 65.0 Å². The Bertz CT molecular complexity index is 1080. The molecular weight excluding hydrogens is 475 g/mol. The summed E-state index contributed by atoms with van der Waals surface area (Å²) in [4.78, 5) is 37.8. The van der Waals surface area contributed by atoms with Gasteiger partial charge in [-0.05, 0) is 24.6 Å². The number of hydrogen-bond acceptors (Lipinski definition) is 7. The predicted octanol–water partition coefficient (Wildman–Crippen LogP) is 4.33. The van der Waals surface area contributed by atoms with Crippen molar-refractivity contribution < 1.29 is 41.8 Å². The van der Waals surface area contributed by atoms with Gasteiger partial charge in [-0.3, -0.25) is 4.79 Å². The summed E-state index contributed by atoms with van der Waals surface area (Å²) in [6.45, 7) is 1.17. The van der Waals surface area contributed by atoms with Crippen LogP contribution in [0.4, 0.5) is 18.0 Å². The fraction of sp³-hybridized carbons (Fsp3) is 0.348. The van der Waals surface area contributed by atoms with Crippen LogP contribution in [0, 0.1) is 17.5 Å². The summed E-state index contributed by atoms with van der Waals surface area (Å²) >= 11 is 1.07. The lowest BCUT2D eigenvalue weighted by atomic mass is 10.2. The van der Waals surface area contributed by atoms with E-state index in [1.54, 1.807) is 12.1 Å². The molecule has 1 aliphatic rings. The van der Waals surface area contributed by atoms with Gasteiger partial charge in [0.2, 0.25) is 0 Å². The van der Waals surface area contributed by atoms with E-state index in [0.717, 1.165) is 11.8 Å². The first-order valence-electron chi connectivity index (χ1n) is 10.2. The number of para-hydroxylation sites is 1. The fourth-order valence-corrected chi connectivity index (χ4v) is 4.56. The second-order valence-electron chi connectivity index (χ2n) is 7.50. The van der Waals surface area contributed by atoms with Crippen LogP contribution in [0.2, 0.25) is 0 Å². The summed E-state index contributed by atoms with van der Waals surface area (Å²) in [7, 11) is 1.20. The number of hydrogen-bond donors (Lipinski definition) is 0. The molecule has 2 aromatic carbocycles. The van der Waals surface area contributed by atoms with Gasteiger partial charge in [0.25, 0.3) is 0 Å². The van der Waals surface area contributed by atoms with Crippen LogP contribution in [0.5, 0.6) is 5.75 Å². The first kappa shape index (κ1) is 25.6. The highest BCUT2D eigenvalue weighted by Gasteiger charge is 2.38. The monoisotopic (exact) mass is 497 g/mol. The second-order valence-corrected chi connectivity index (χ2v) is 8.98. The standard InChI is InChI=1S/C23H22F3NO6S/c1-13(28)34-16-8-15(12-32-11-14-7-19(25)20(26)9-18(14)24)27(10-16)23(30)33-21-6-4-3-5-17(21)22(29)31-2/h3-7,9,15-16H,8,10-12H2,1-2H3/t15-,16+/m0/s1. The van der Waals surface area contributed by atoms with Crippen molar-refractivity contribution in [3.8, 4) is 5.75 Å². The molecule has 1 saturated heterocycles. The van der Waals surface area contributed by atoms with Crippen LogP contribution in [0.1, 0.15) is 29.3 Å². The molecule has 0 saturated carbocycles. The Morgan fingerprint density at radius 1 is 1.09 bits per heavy atom. The first-order valence-corrected chi connectivity index (χ1v) is 11.1. The molecule has 2 aromatic rings. The van der Waals surface area contributed by atoms with E-state index in [4.69, 9.17) is 14.2 Å². The number of carbonyl (C=O) groups excluding carboxylic acids is 3. The molecule has 1 amide bonds. The number of methoxy groups -OCH3 is 1. The Morgan fingerprint density at radius 3 is 2.50 bits per heavy atom.